The summed E-state index contributed by atoms with van der Waals surface area (Å²) in [4.78, 5) is 11.4. The molecular formula is C17H30N4. The van der Waals surface area contributed by atoms with Gasteiger partial charge in [0.05, 0.1) is 11.9 Å². The zero-order chi connectivity index (χ0) is 15.3. The predicted octanol–water partition coefficient (Wildman–Crippen LogP) is 3.38. The summed E-state index contributed by atoms with van der Waals surface area (Å²) in [6.07, 6.45) is 10.7. The molecule has 0 radical (unpaired) electrons. The first kappa shape index (κ1) is 16.2. The Hall–Kier alpha value is -1.16. The van der Waals surface area contributed by atoms with E-state index in [-0.39, 0.29) is 5.54 Å². The van der Waals surface area contributed by atoms with Gasteiger partial charge in [0.15, 0.2) is 0 Å². The maximum atomic E-state index is 4.74. The van der Waals surface area contributed by atoms with Crippen molar-refractivity contribution in [2.75, 3.05) is 18.5 Å². The molecule has 0 aliphatic heterocycles. The Balaban J connectivity index is 1.92. The molecule has 0 amide bonds. The summed E-state index contributed by atoms with van der Waals surface area (Å²) < 4.78 is 0. The number of hydrogen-bond acceptors (Lipinski definition) is 4. The van der Waals surface area contributed by atoms with E-state index in [9.17, 15) is 0 Å². The smallest absolute Gasteiger partial charge is 0.147 e. The lowest BCUT2D eigenvalue weighted by molar-refractivity contribution is 0.361. The third kappa shape index (κ3) is 5.62. The molecule has 1 fully saturated rings. The summed E-state index contributed by atoms with van der Waals surface area (Å²) >= 11 is 0. The van der Waals surface area contributed by atoms with E-state index in [2.05, 4.69) is 43.0 Å². The number of rotatable bonds is 5. The summed E-state index contributed by atoms with van der Waals surface area (Å²) in [5.74, 6) is 1.82. The van der Waals surface area contributed by atoms with Crippen molar-refractivity contribution in [3.05, 3.63) is 18.1 Å². The second kappa shape index (κ2) is 7.21. The fourth-order valence-electron chi connectivity index (χ4n) is 2.87. The molecule has 1 aliphatic carbocycles. The van der Waals surface area contributed by atoms with E-state index in [4.69, 9.17) is 4.98 Å². The van der Waals surface area contributed by atoms with E-state index in [1.54, 1.807) is 0 Å². The Morgan fingerprint density at radius 3 is 2.57 bits per heavy atom. The summed E-state index contributed by atoms with van der Waals surface area (Å²) in [5.41, 5.74) is 1.11. The maximum Gasteiger partial charge on any atom is 0.147 e. The molecule has 1 N–H and O–H groups in total. The fraction of sp³-hybridized carbons (Fsp3) is 0.765. The largest absolute Gasteiger partial charge is 0.358 e. The van der Waals surface area contributed by atoms with Crippen molar-refractivity contribution in [2.45, 2.75) is 65.0 Å². The van der Waals surface area contributed by atoms with Gasteiger partial charge >= 0.3 is 0 Å². The minimum Gasteiger partial charge on any atom is -0.358 e. The Morgan fingerprint density at radius 1 is 1.19 bits per heavy atom. The van der Waals surface area contributed by atoms with Crippen LogP contribution < -0.4 is 10.2 Å². The first-order valence-corrected chi connectivity index (χ1v) is 8.21. The van der Waals surface area contributed by atoms with E-state index in [1.807, 2.05) is 12.4 Å². The standard InChI is InChI=1S/C17H30N4/c1-17(2,3)19-11-15-10-18-12-16(20-15)21(4)13-14-8-6-5-7-9-14/h10,12,14,19H,5-9,11,13H2,1-4H3. The van der Waals surface area contributed by atoms with Crippen LogP contribution >= 0.6 is 0 Å². The summed E-state index contributed by atoms with van der Waals surface area (Å²) in [5, 5.41) is 3.46. The number of nitrogens with zero attached hydrogens (tertiary/aromatic N) is 3. The first-order valence-electron chi connectivity index (χ1n) is 8.21. The van der Waals surface area contributed by atoms with Gasteiger partial charge in [-0.2, -0.15) is 0 Å². The lowest BCUT2D eigenvalue weighted by atomic mass is 9.89. The van der Waals surface area contributed by atoms with E-state index < -0.39 is 0 Å². The first-order chi connectivity index (χ1) is 9.94. The van der Waals surface area contributed by atoms with Crippen LogP contribution in [0, 0.1) is 5.92 Å². The predicted molar refractivity (Wildman–Crippen MR) is 88.5 cm³/mol. The lowest BCUT2D eigenvalue weighted by Gasteiger charge is -2.27. The zero-order valence-corrected chi connectivity index (χ0v) is 14.0. The van der Waals surface area contributed by atoms with E-state index in [0.29, 0.717) is 0 Å². The highest BCUT2D eigenvalue weighted by atomic mass is 15.2. The van der Waals surface area contributed by atoms with Crippen molar-refractivity contribution in [2.24, 2.45) is 5.92 Å². The van der Waals surface area contributed by atoms with Gasteiger partial charge in [0.25, 0.3) is 0 Å². The molecule has 4 heteroatoms. The van der Waals surface area contributed by atoms with E-state index >= 15 is 0 Å². The number of anilines is 1. The van der Waals surface area contributed by atoms with Crippen LogP contribution in [-0.2, 0) is 6.54 Å². The van der Waals surface area contributed by atoms with Gasteiger partial charge in [-0.05, 0) is 39.5 Å². The maximum absolute atomic E-state index is 4.74. The third-order valence-electron chi connectivity index (χ3n) is 4.12. The normalized spacial score (nSPS) is 17.0. The third-order valence-corrected chi connectivity index (χ3v) is 4.12. The van der Waals surface area contributed by atoms with Gasteiger partial charge in [-0.25, -0.2) is 4.98 Å². The van der Waals surface area contributed by atoms with Crippen LogP contribution in [0.25, 0.3) is 0 Å². The molecule has 21 heavy (non-hydrogen) atoms. The SMILES string of the molecule is CN(CC1CCCCC1)c1cncc(CNC(C)(C)C)n1. The minimum atomic E-state index is 0.103. The van der Waals surface area contributed by atoms with Crippen LogP contribution in [0.3, 0.4) is 0 Å². The molecule has 1 heterocycles. The van der Waals surface area contributed by atoms with Crippen LogP contribution in [0.15, 0.2) is 12.4 Å². The molecule has 0 bridgehead atoms. The van der Waals surface area contributed by atoms with Gasteiger partial charge in [-0.15, -0.1) is 0 Å². The van der Waals surface area contributed by atoms with E-state index in [1.165, 1.54) is 32.1 Å². The zero-order valence-electron chi connectivity index (χ0n) is 14.0. The van der Waals surface area contributed by atoms with Crippen LogP contribution in [0.5, 0.6) is 0 Å². The van der Waals surface area contributed by atoms with Crippen LogP contribution in [0.4, 0.5) is 5.82 Å². The van der Waals surface area contributed by atoms with Crippen molar-refractivity contribution >= 4 is 5.82 Å². The molecule has 4 nitrogen and oxygen atoms in total. The van der Waals surface area contributed by atoms with Crippen LogP contribution in [0.2, 0.25) is 0 Å². The van der Waals surface area contributed by atoms with E-state index in [0.717, 1.165) is 30.5 Å². The van der Waals surface area contributed by atoms with Crippen molar-refractivity contribution in [3.8, 4) is 0 Å². The molecule has 0 aromatic carbocycles. The highest BCUT2D eigenvalue weighted by molar-refractivity contribution is 5.35. The lowest BCUT2D eigenvalue weighted by Crippen LogP contribution is -2.35. The Bertz CT molecular complexity index is 433. The molecule has 1 aromatic heterocycles. The van der Waals surface area contributed by atoms with Crippen LogP contribution in [-0.4, -0.2) is 29.1 Å². The Morgan fingerprint density at radius 2 is 1.90 bits per heavy atom. The highest BCUT2D eigenvalue weighted by Crippen LogP contribution is 2.25. The van der Waals surface area contributed by atoms with Gasteiger partial charge in [-0.3, -0.25) is 4.98 Å². The Kier molecular flexibility index (Phi) is 5.57. The molecule has 0 atom stereocenters. The van der Waals surface area contributed by atoms with Crippen LogP contribution in [0.1, 0.15) is 58.6 Å². The monoisotopic (exact) mass is 290 g/mol. The molecule has 2 rings (SSSR count). The van der Waals surface area contributed by atoms with Crippen molar-refractivity contribution < 1.29 is 0 Å². The van der Waals surface area contributed by atoms with Crippen molar-refractivity contribution in [3.63, 3.8) is 0 Å². The number of hydrogen-bond donors (Lipinski definition) is 1. The summed E-state index contributed by atoms with van der Waals surface area (Å²) in [6, 6.07) is 0. The number of nitrogens with one attached hydrogen (secondary N) is 1. The highest BCUT2D eigenvalue weighted by Gasteiger charge is 2.16. The number of aromatic nitrogens is 2. The Labute approximate surface area is 129 Å². The van der Waals surface area contributed by atoms with Crippen molar-refractivity contribution in [1.82, 2.24) is 15.3 Å². The van der Waals surface area contributed by atoms with Gasteiger partial charge in [-0.1, -0.05) is 19.3 Å². The van der Waals surface area contributed by atoms with Gasteiger partial charge in [0, 0.05) is 31.9 Å². The summed E-state index contributed by atoms with van der Waals surface area (Å²) in [6.45, 7) is 8.37. The quantitative estimate of drug-likeness (QED) is 0.902. The molecule has 0 saturated heterocycles. The fourth-order valence-corrected chi connectivity index (χ4v) is 2.87. The minimum absolute atomic E-state index is 0.103. The molecule has 1 saturated carbocycles. The topological polar surface area (TPSA) is 41.1 Å². The molecule has 0 spiro atoms. The molecule has 1 aliphatic rings. The molecule has 118 valence electrons. The van der Waals surface area contributed by atoms with Gasteiger partial charge < -0.3 is 10.2 Å². The second-order valence-corrected chi connectivity index (χ2v) is 7.36. The molecular weight excluding hydrogens is 260 g/mol. The second-order valence-electron chi connectivity index (χ2n) is 7.36. The average Bonchev–Trinajstić information content (AvgIpc) is 2.46. The summed E-state index contributed by atoms with van der Waals surface area (Å²) in [7, 11) is 2.14. The average molecular weight is 290 g/mol. The van der Waals surface area contributed by atoms with Crippen molar-refractivity contribution in [1.29, 1.82) is 0 Å². The van der Waals surface area contributed by atoms with Gasteiger partial charge in [0.2, 0.25) is 0 Å². The molecule has 0 unspecified atom stereocenters. The molecule has 1 aromatic rings. The van der Waals surface area contributed by atoms with Gasteiger partial charge in [0.1, 0.15) is 5.82 Å².